The molecule has 1 N–H and O–H groups in total. The van der Waals surface area contributed by atoms with Gasteiger partial charge in [-0.25, -0.2) is 0 Å². The maximum atomic E-state index is 5.49. The lowest BCUT2D eigenvalue weighted by Crippen LogP contribution is -2.46. The Morgan fingerprint density at radius 3 is 2.89 bits per heavy atom. The van der Waals surface area contributed by atoms with Crippen molar-refractivity contribution in [2.24, 2.45) is 4.99 Å². The van der Waals surface area contributed by atoms with Crippen molar-refractivity contribution >= 4 is 5.96 Å². The Bertz CT molecular complexity index is 661. The molecule has 0 bridgehead atoms. The molecule has 4 rings (SSSR count). The molecule has 3 heterocycles. The van der Waals surface area contributed by atoms with Gasteiger partial charge in [0.2, 0.25) is 6.79 Å². The molecule has 0 spiro atoms. The number of guanidine groups is 1. The molecule has 0 saturated carbocycles. The summed E-state index contributed by atoms with van der Waals surface area (Å²) in [6.07, 6.45) is 2.10. The molecule has 148 valence electrons. The molecule has 0 amide bonds. The minimum absolute atomic E-state index is 0.320. The first kappa shape index (κ1) is 18.4. The summed E-state index contributed by atoms with van der Waals surface area (Å²) < 4.78 is 16.3. The van der Waals surface area contributed by atoms with Crippen LogP contribution in [0.25, 0.3) is 0 Å². The van der Waals surface area contributed by atoms with Gasteiger partial charge in [0, 0.05) is 45.3 Å². The van der Waals surface area contributed by atoms with E-state index in [4.69, 9.17) is 19.2 Å². The second kappa shape index (κ2) is 8.80. The standard InChI is InChI=1S/C20H30N4O3/c1-2-21-20(24-8-6-17(14-24)23-9-11-25-12-10-23)22-7-5-16-3-4-18-19(13-16)27-15-26-18/h3-4,13,17H,2,5-12,14-15H2,1H3,(H,21,22). The predicted molar refractivity (Wildman–Crippen MR) is 105 cm³/mol. The Morgan fingerprint density at radius 2 is 2.04 bits per heavy atom. The monoisotopic (exact) mass is 374 g/mol. The second-order valence-electron chi connectivity index (χ2n) is 7.21. The SMILES string of the molecule is CCNC(=NCCc1ccc2c(c1)OCO2)N1CCC(N2CCOCC2)C1. The van der Waals surface area contributed by atoms with E-state index in [0.29, 0.717) is 12.8 Å². The quantitative estimate of drug-likeness (QED) is 0.620. The summed E-state index contributed by atoms with van der Waals surface area (Å²) in [4.78, 5) is 9.86. The number of aliphatic imine (C=N–C) groups is 1. The summed E-state index contributed by atoms with van der Waals surface area (Å²) in [6.45, 7) is 10.0. The van der Waals surface area contributed by atoms with E-state index in [9.17, 15) is 0 Å². The minimum Gasteiger partial charge on any atom is -0.454 e. The highest BCUT2D eigenvalue weighted by Crippen LogP contribution is 2.32. The van der Waals surface area contributed by atoms with E-state index in [1.54, 1.807) is 0 Å². The van der Waals surface area contributed by atoms with Gasteiger partial charge in [-0.3, -0.25) is 9.89 Å². The molecule has 1 aromatic rings. The number of rotatable bonds is 5. The van der Waals surface area contributed by atoms with Gasteiger partial charge in [0.25, 0.3) is 0 Å². The number of nitrogens with zero attached hydrogens (tertiary/aromatic N) is 3. The van der Waals surface area contributed by atoms with Crippen molar-refractivity contribution in [2.75, 3.05) is 59.3 Å². The zero-order valence-corrected chi connectivity index (χ0v) is 16.2. The highest BCUT2D eigenvalue weighted by Gasteiger charge is 2.30. The second-order valence-corrected chi connectivity index (χ2v) is 7.21. The lowest BCUT2D eigenvalue weighted by molar-refractivity contribution is 0.0195. The molecule has 27 heavy (non-hydrogen) atoms. The third kappa shape index (κ3) is 4.47. The van der Waals surface area contributed by atoms with Crippen molar-refractivity contribution in [2.45, 2.75) is 25.8 Å². The van der Waals surface area contributed by atoms with Gasteiger partial charge in [0.15, 0.2) is 17.5 Å². The van der Waals surface area contributed by atoms with E-state index in [1.165, 1.54) is 12.0 Å². The van der Waals surface area contributed by atoms with Gasteiger partial charge in [-0.05, 0) is 37.5 Å². The van der Waals surface area contributed by atoms with E-state index >= 15 is 0 Å². The number of likely N-dealkylation sites (tertiary alicyclic amines) is 1. The molecule has 0 radical (unpaired) electrons. The highest BCUT2D eigenvalue weighted by atomic mass is 16.7. The molecule has 2 saturated heterocycles. The smallest absolute Gasteiger partial charge is 0.231 e. The normalized spacial score (nSPS) is 23.1. The van der Waals surface area contributed by atoms with Gasteiger partial charge >= 0.3 is 0 Å². The number of ether oxygens (including phenoxy) is 3. The first-order valence-electron chi connectivity index (χ1n) is 10.1. The fraction of sp³-hybridized carbons (Fsp3) is 0.650. The number of benzene rings is 1. The fourth-order valence-electron chi connectivity index (χ4n) is 3.99. The van der Waals surface area contributed by atoms with Crippen LogP contribution in [-0.4, -0.2) is 81.1 Å². The van der Waals surface area contributed by atoms with Crippen molar-refractivity contribution in [3.05, 3.63) is 23.8 Å². The van der Waals surface area contributed by atoms with Crippen molar-refractivity contribution in [3.63, 3.8) is 0 Å². The van der Waals surface area contributed by atoms with Gasteiger partial charge in [0.1, 0.15) is 0 Å². The van der Waals surface area contributed by atoms with Gasteiger partial charge in [0.05, 0.1) is 13.2 Å². The first-order chi connectivity index (χ1) is 13.3. The molecule has 7 heteroatoms. The van der Waals surface area contributed by atoms with Gasteiger partial charge in [-0.1, -0.05) is 6.07 Å². The molecular weight excluding hydrogens is 344 g/mol. The van der Waals surface area contributed by atoms with Gasteiger partial charge in [-0.2, -0.15) is 0 Å². The third-order valence-corrected chi connectivity index (χ3v) is 5.46. The molecule has 3 aliphatic heterocycles. The lowest BCUT2D eigenvalue weighted by Gasteiger charge is -2.32. The molecule has 1 atom stereocenters. The van der Waals surface area contributed by atoms with Crippen LogP contribution in [0.5, 0.6) is 11.5 Å². The topological polar surface area (TPSA) is 58.6 Å². The number of fused-ring (bicyclic) bond motifs is 1. The molecule has 2 fully saturated rings. The average molecular weight is 374 g/mol. The number of nitrogens with one attached hydrogen (secondary N) is 1. The van der Waals surface area contributed by atoms with Crippen molar-refractivity contribution in [1.82, 2.24) is 15.1 Å². The Hall–Kier alpha value is -1.99. The molecule has 1 aromatic carbocycles. The minimum atomic E-state index is 0.320. The van der Waals surface area contributed by atoms with Crippen LogP contribution < -0.4 is 14.8 Å². The van der Waals surface area contributed by atoms with Crippen LogP contribution in [0.3, 0.4) is 0 Å². The van der Waals surface area contributed by atoms with Crippen LogP contribution in [-0.2, 0) is 11.2 Å². The first-order valence-corrected chi connectivity index (χ1v) is 10.1. The third-order valence-electron chi connectivity index (χ3n) is 5.46. The van der Waals surface area contributed by atoms with Crippen LogP contribution in [0.15, 0.2) is 23.2 Å². The van der Waals surface area contributed by atoms with Gasteiger partial charge in [-0.15, -0.1) is 0 Å². The number of hydrogen-bond acceptors (Lipinski definition) is 5. The number of hydrogen-bond donors (Lipinski definition) is 1. The summed E-state index contributed by atoms with van der Waals surface area (Å²) >= 11 is 0. The van der Waals surface area contributed by atoms with E-state index in [1.807, 2.05) is 6.07 Å². The van der Waals surface area contributed by atoms with Crippen LogP contribution in [0, 0.1) is 0 Å². The Balaban J connectivity index is 1.33. The molecular formula is C20H30N4O3. The molecule has 0 aliphatic carbocycles. The van der Waals surface area contributed by atoms with Gasteiger partial charge < -0.3 is 24.4 Å². The van der Waals surface area contributed by atoms with Crippen molar-refractivity contribution in [1.29, 1.82) is 0 Å². The van der Waals surface area contributed by atoms with Crippen LogP contribution in [0.1, 0.15) is 18.9 Å². The zero-order valence-electron chi connectivity index (χ0n) is 16.2. The maximum Gasteiger partial charge on any atom is 0.231 e. The summed E-state index contributed by atoms with van der Waals surface area (Å²) in [5.41, 5.74) is 1.23. The number of morpholine rings is 1. The predicted octanol–water partition coefficient (Wildman–Crippen LogP) is 1.33. The Morgan fingerprint density at radius 1 is 1.19 bits per heavy atom. The van der Waals surface area contributed by atoms with E-state index in [2.05, 4.69) is 34.2 Å². The van der Waals surface area contributed by atoms with Crippen LogP contribution in [0.4, 0.5) is 0 Å². The average Bonchev–Trinajstić information content (AvgIpc) is 3.37. The Kier molecular flexibility index (Phi) is 5.99. The van der Waals surface area contributed by atoms with E-state index in [-0.39, 0.29) is 0 Å². The Labute approximate surface area is 161 Å². The van der Waals surface area contributed by atoms with Crippen molar-refractivity contribution in [3.8, 4) is 11.5 Å². The largest absolute Gasteiger partial charge is 0.454 e. The molecule has 0 aromatic heterocycles. The van der Waals surface area contributed by atoms with E-state index < -0.39 is 0 Å². The molecule has 1 unspecified atom stereocenters. The lowest BCUT2D eigenvalue weighted by atomic mass is 10.1. The highest BCUT2D eigenvalue weighted by molar-refractivity contribution is 5.80. The summed E-state index contributed by atoms with van der Waals surface area (Å²) in [7, 11) is 0. The molecule has 3 aliphatic rings. The van der Waals surface area contributed by atoms with Crippen LogP contribution >= 0.6 is 0 Å². The van der Waals surface area contributed by atoms with Crippen LogP contribution in [0.2, 0.25) is 0 Å². The van der Waals surface area contributed by atoms with E-state index in [0.717, 1.165) is 76.4 Å². The summed E-state index contributed by atoms with van der Waals surface area (Å²) in [5.74, 6) is 2.71. The fourth-order valence-corrected chi connectivity index (χ4v) is 3.99. The van der Waals surface area contributed by atoms with Crippen molar-refractivity contribution < 1.29 is 14.2 Å². The molecule has 7 nitrogen and oxygen atoms in total. The summed E-state index contributed by atoms with van der Waals surface area (Å²) in [5, 5.41) is 3.46. The zero-order chi connectivity index (χ0) is 18.5. The summed E-state index contributed by atoms with van der Waals surface area (Å²) in [6, 6.07) is 6.77. The maximum absolute atomic E-state index is 5.49.